The minimum Gasteiger partial charge on any atom is -0.478 e. The summed E-state index contributed by atoms with van der Waals surface area (Å²) in [6.45, 7) is 0. The molecule has 94 valence electrons. The summed E-state index contributed by atoms with van der Waals surface area (Å²) in [6, 6.07) is 6.08. The normalized spacial score (nSPS) is 10.6. The summed E-state index contributed by atoms with van der Waals surface area (Å²) in [5.74, 6) is -0.798. The molecule has 0 atom stereocenters. The number of nitrogens with zero attached hydrogens (tertiary/aromatic N) is 2. The number of aromatic carboxylic acids is 1. The van der Waals surface area contributed by atoms with Gasteiger partial charge in [-0.1, -0.05) is 0 Å². The molecule has 0 unspecified atom stereocenters. The van der Waals surface area contributed by atoms with Crippen molar-refractivity contribution in [1.82, 2.24) is 9.78 Å². The van der Waals surface area contributed by atoms with Crippen molar-refractivity contribution in [2.45, 2.75) is 10.6 Å². The van der Waals surface area contributed by atoms with E-state index in [4.69, 9.17) is 5.11 Å². The van der Waals surface area contributed by atoms with Crippen molar-refractivity contribution in [3.05, 3.63) is 47.5 Å². The van der Waals surface area contributed by atoms with E-state index in [1.54, 1.807) is 23.9 Å². The predicted octanol–water partition coefficient (Wildman–Crippen LogP) is 2.55. The fourth-order valence-corrected chi connectivity index (χ4v) is 2.47. The van der Waals surface area contributed by atoms with Gasteiger partial charge in [0.05, 0.1) is 11.9 Å². The molecule has 0 aliphatic rings. The molecule has 0 aliphatic heterocycles. The molecule has 18 heavy (non-hydrogen) atoms. The van der Waals surface area contributed by atoms with Gasteiger partial charge >= 0.3 is 5.97 Å². The van der Waals surface area contributed by atoms with Gasteiger partial charge < -0.3 is 5.11 Å². The molecular weight excluding hydrogens is 255 g/mol. The lowest BCUT2D eigenvalue weighted by Gasteiger charge is -2.04. The topological polar surface area (TPSA) is 55.1 Å². The Morgan fingerprint density at radius 1 is 1.44 bits per heavy atom. The van der Waals surface area contributed by atoms with Crippen molar-refractivity contribution in [3.63, 3.8) is 0 Å². The molecule has 6 heteroatoms. The number of carboxylic acids is 1. The SMILES string of the molecule is Cn1ncc(C(=O)O)c1CSc1ccc(F)cc1. The third kappa shape index (κ3) is 2.70. The van der Waals surface area contributed by atoms with Crippen LogP contribution in [-0.4, -0.2) is 20.9 Å². The van der Waals surface area contributed by atoms with Crippen LogP contribution in [0.15, 0.2) is 35.4 Å². The average Bonchev–Trinajstić information content (AvgIpc) is 2.70. The first-order valence-electron chi connectivity index (χ1n) is 5.20. The quantitative estimate of drug-likeness (QED) is 0.864. The smallest absolute Gasteiger partial charge is 0.339 e. The van der Waals surface area contributed by atoms with Crippen molar-refractivity contribution in [2.75, 3.05) is 0 Å². The number of hydrogen-bond acceptors (Lipinski definition) is 3. The maximum Gasteiger partial charge on any atom is 0.339 e. The number of rotatable bonds is 4. The molecule has 1 aromatic carbocycles. The Bertz CT molecular complexity index is 566. The molecular formula is C12H11FN2O2S. The summed E-state index contributed by atoms with van der Waals surface area (Å²) in [6.07, 6.45) is 1.34. The summed E-state index contributed by atoms with van der Waals surface area (Å²) in [5.41, 5.74) is 0.837. The highest BCUT2D eigenvalue weighted by molar-refractivity contribution is 7.98. The van der Waals surface area contributed by atoms with Crippen LogP contribution < -0.4 is 0 Å². The third-order valence-corrected chi connectivity index (χ3v) is 3.50. The van der Waals surface area contributed by atoms with Gasteiger partial charge in [0.25, 0.3) is 0 Å². The van der Waals surface area contributed by atoms with E-state index in [1.807, 2.05) is 0 Å². The van der Waals surface area contributed by atoms with E-state index in [2.05, 4.69) is 5.10 Å². The molecule has 4 nitrogen and oxygen atoms in total. The number of aromatic nitrogens is 2. The monoisotopic (exact) mass is 266 g/mol. The van der Waals surface area contributed by atoms with E-state index in [0.717, 1.165) is 4.90 Å². The lowest BCUT2D eigenvalue weighted by atomic mass is 10.3. The van der Waals surface area contributed by atoms with E-state index < -0.39 is 5.97 Å². The highest BCUT2D eigenvalue weighted by Crippen LogP contribution is 2.24. The molecule has 0 bridgehead atoms. The highest BCUT2D eigenvalue weighted by Gasteiger charge is 2.14. The Morgan fingerprint density at radius 3 is 2.72 bits per heavy atom. The molecule has 2 aromatic rings. The minimum absolute atomic E-state index is 0.201. The molecule has 1 heterocycles. The van der Waals surface area contributed by atoms with Crippen LogP contribution in [0.25, 0.3) is 0 Å². The third-order valence-electron chi connectivity index (χ3n) is 2.48. The molecule has 0 saturated heterocycles. The first kappa shape index (κ1) is 12.6. The number of thioether (sulfide) groups is 1. The first-order chi connectivity index (χ1) is 8.58. The van der Waals surface area contributed by atoms with Gasteiger partial charge in [-0.15, -0.1) is 11.8 Å². The van der Waals surface area contributed by atoms with Gasteiger partial charge in [0.15, 0.2) is 0 Å². The molecule has 0 radical (unpaired) electrons. The molecule has 0 amide bonds. The lowest BCUT2D eigenvalue weighted by Crippen LogP contribution is -2.03. The Morgan fingerprint density at radius 2 is 2.11 bits per heavy atom. The fraction of sp³-hybridized carbons (Fsp3) is 0.167. The first-order valence-corrected chi connectivity index (χ1v) is 6.19. The van der Waals surface area contributed by atoms with Crippen LogP contribution in [-0.2, 0) is 12.8 Å². The summed E-state index contributed by atoms with van der Waals surface area (Å²) in [7, 11) is 1.70. The van der Waals surface area contributed by atoms with Gasteiger partial charge in [-0.3, -0.25) is 4.68 Å². The number of carboxylic acid groups (broad SMARTS) is 1. The van der Waals surface area contributed by atoms with Crippen LogP contribution in [0.5, 0.6) is 0 Å². The number of hydrogen-bond donors (Lipinski definition) is 1. The maximum absolute atomic E-state index is 12.7. The van der Waals surface area contributed by atoms with Gasteiger partial charge in [0.2, 0.25) is 0 Å². The van der Waals surface area contributed by atoms with E-state index in [-0.39, 0.29) is 11.4 Å². The number of halogens is 1. The molecule has 0 spiro atoms. The van der Waals surface area contributed by atoms with Crippen molar-refractivity contribution in [1.29, 1.82) is 0 Å². The van der Waals surface area contributed by atoms with Gasteiger partial charge in [-0.2, -0.15) is 5.10 Å². The van der Waals surface area contributed by atoms with Crippen molar-refractivity contribution >= 4 is 17.7 Å². The average molecular weight is 266 g/mol. The standard InChI is InChI=1S/C12H11FN2O2S/c1-15-11(10(6-14-15)12(16)17)7-18-9-4-2-8(13)3-5-9/h2-6H,7H2,1H3,(H,16,17). The Kier molecular flexibility index (Phi) is 3.66. The lowest BCUT2D eigenvalue weighted by molar-refractivity contribution is 0.0696. The Labute approximate surface area is 107 Å². The van der Waals surface area contributed by atoms with Crippen LogP contribution in [0.1, 0.15) is 16.1 Å². The van der Waals surface area contributed by atoms with Crippen molar-refractivity contribution in [3.8, 4) is 0 Å². The summed E-state index contributed by atoms with van der Waals surface area (Å²) in [4.78, 5) is 11.9. The zero-order valence-electron chi connectivity index (χ0n) is 9.63. The minimum atomic E-state index is -0.988. The zero-order valence-corrected chi connectivity index (χ0v) is 10.4. The zero-order chi connectivity index (χ0) is 13.1. The summed E-state index contributed by atoms with van der Waals surface area (Å²) in [5, 5.41) is 12.9. The van der Waals surface area contributed by atoms with Crippen molar-refractivity contribution < 1.29 is 14.3 Å². The van der Waals surface area contributed by atoms with E-state index in [1.165, 1.54) is 30.1 Å². The molecule has 1 aromatic heterocycles. The Hall–Kier alpha value is -1.82. The van der Waals surface area contributed by atoms with Crippen molar-refractivity contribution in [2.24, 2.45) is 7.05 Å². The second kappa shape index (κ2) is 5.22. The van der Waals surface area contributed by atoms with Gasteiger partial charge in [0.1, 0.15) is 11.4 Å². The summed E-state index contributed by atoms with van der Waals surface area (Å²) < 4.78 is 14.3. The van der Waals surface area contributed by atoms with Crippen LogP contribution >= 0.6 is 11.8 Å². The highest BCUT2D eigenvalue weighted by atomic mass is 32.2. The number of aryl methyl sites for hydroxylation is 1. The summed E-state index contributed by atoms with van der Waals surface area (Å²) >= 11 is 1.44. The second-order valence-electron chi connectivity index (χ2n) is 3.68. The van der Waals surface area contributed by atoms with Gasteiger partial charge in [-0.05, 0) is 24.3 Å². The maximum atomic E-state index is 12.7. The fourth-order valence-electron chi connectivity index (χ4n) is 1.50. The van der Waals surface area contributed by atoms with Gasteiger partial charge in [0, 0.05) is 17.7 Å². The van der Waals surface area contributed by atoms with Crippen LogP contribution in [0, 0.1) is 5.82 Å². The van der Waals surface area contributed by atoms with E-state index >= 15 is 0 Å². The second-order valence-corrected chi connectivity index (χ2v) is 4.73. The Balaban J connectivity index is 2.12. The van der Waals surface area contributed by atoms with Crippen LogP contribution in [0.4, 0.5) is 4.39 Å². The molecule has 0 saturated carbocycles. The molecule has 0 fully saturated rings. The number of benzene rings is 1. The van der Waals surface area contributed by atoms with Gasteiger partial charge in [-0.25, -0.2) is 9.18 Å². The van der Waals surface area contributed by atoms with E-state index in [0.29, 0.717) is 11.4 Å². The van der Waals surface area contributed by atoms with E-state index in [9.17, 15) is 9.18 Å². The number of carbonyl (C=O) groups is 1. The predicted molar refractivity (Wildman–Crippen MR) is 66.1 cm³/mol. The molecule has 0 aliphatic carbocycles. The largest absolute Gasteiger partial charge is 0.478 e. The molecule has 2 rings (SSSR count). The van der Waals surface area contributed by atoms with Crippen LogP contribution in [0.2, 0.25) is 0 Å². The van der Waals surface area contributed by atoms with Crippen LogP contribution in [0.3, 0.4) is 0 Å². The molecule has 1 N–H and O–H groups in total.